The van der Waals surface area contributed by atoms with Crippen LogP contribution >= 0.6 is 0 Å². The SMILES string of the molecule is CCC(C)C(=O)Nc1ccc(N2CCN(C(c3ccccc3)c3ncco3)CC2)c(C#N)c1. The standard InChI is InChI=1S/C26H29N5O2/c1-3-19(2)25(32)29-22-9-10-23(21(17-22)18-27)30-12-14-31(15-13-30)24(26-28-11-16-33-26)20-7-5-4-6-8-20/h4-11,16-17,19,24H,3,12-15H2,1-2H3,(H,29,32). The first kappa shape index (κ1) is 22.6. The third-order valence-corrected chi connectivity index (χ3v) is 6.27. The summed E-state index contributed by atoms with van der Waals surface area (Å²) in [5.41, 5.74) is 3.27. The Morgan fingerprint density at radius 1 is 1.18 bits per heavy atom. The number of nitriles is 1. The highest BCUT2D eigenvalue weighted by molar-refractivity contribution is 5.92. The van der Waals surface area contributed by atoms with Crippen molar-refractivity contribution >= 4 is 17.3 Å². The van der Waals surface area contributed by atoms with Crippen LogP contribution in [0.1, 0.15) is 43.3 Å². The summed E-state index contributed by atoms with van der Waals surface area (Å²) in [5, 5.41) is 12.7. The molecule has 2 heterocycles. The molecule has 1 amide bonds. The van der Waals surface area contributed by atoms with E-state index in [9.17, 15) is 10.1 Å². The van der Waals surface area contributed by atoms with Crippen molar-refractivity contribution in [3.05, 3.63) is 78.0 Å². The van der Waals surface area contributed by atoms with Gasteiger partial charge in [0, 0.05) is 37.8 Å². The van der Waals surface area contributed by atoms with Crippen molar-refractivity contribution in [2.24, 2.45) is 5.92 Å². The van der Waals surface area contributed by atoms with Crippen LogP contribution in [0, 0.1) is 17.2 Å². The lowest BCUT2D eigenvalue weighted by Gasteiger charge is -2.39. The van der Waals surface area contributed by atoms with E-state index in [2.05, 4.69) is 38.3 Å². The number of anilines is 2. The number of amides is 1. The number of hydrogen-bond donors (Lipinski definition) is 1. The molecule has 1 fully saturated rings. The molecule has 0 radical (unpaired) electrons. The molecule has 0 bridgehead atoms. The van der Waals surface area contributed by atoms with Gasteiger partial charge >= 0.3 is 0 Å². The lowest BCUT2D eigenvalue weighted by atomic mass is 10.0. The number of nitrogens with zero attached hydrogens (tertiary/aromatic N) is 4. The molecule has 7 heteroatoms. The molecule has 2 unspecified atom stereocenters. The van der Waals surface area contributed by atoms with Crippen molar-refractivity contribution in [3.8, 4) is 6.07 Å². The zero-order valence-electron chi connectivity index (χ0n) is 19.1. The lowest BCUT2D eigenvalue weighted by molar-refractivity contribution is -0.119. The van der Waals surface area contributed by atoms with Crippen molar-refractivity contribution in [1.82, 2.24) is 9.88 Å². The van der Waals surface area contributed by atoms with Gasteiger partial charge in [0.1, 0.15) is 18.4 Å². The van der Waals surface area contributed by atoms with E-state index in [1.54, 1.807) is 18.5 Å². The first-order valence-corrected chi connectivity index (χ1v) is 11.4. The molecule has 7 nitrogen and oxygen atoms in total. The van der Waals surface area contributed by atoms with Gasteiger partial charge in [-0.2, -0.15) is 5.26 Å². The molecule has 0 aliphatic carbocycles. The van der Waals surface area contributed by atoms with Crippen LogP contribution in [0.4, 0.5) is 11.4 Å². The molecular weight excluding hydrogens is 414 g/mol. The summed E-state index contributed by atoms with van der Waals surface area (Å²) >= 11 is 0. The Morgan fingerprint density at radius 2 is 1.94 bits per heavy atom. The van der Waals surface area contributed by atoms with Gasteiger partial charge in [-0.3, -0.25) is 9.69 Å². The highest BCUT2D eigenvalue weighted by atomic mass is 16.3. The van der Waals surface area contributed by atoms with Gasteiger partial charge in [-0.15, -0.1) is 0 Å². The fourth-order valence-corrected chi connectivity index (χ4v) is 4.17. The third-order valence-electron chi connectivity index (χ3n) is 6.27. The van der Waals surface area contributed by atoms with Crippen LogP contribution in [-0.4, -0.2) is 42.0 Å². The number of rotatable bonds is 7. The predicted molar refractivity (Wildman–Crippen MR) is 128 cm³/mol. The molecule has 0 spiro atoms. The number of carbonyl (C=O) groups excluding carboxylic acids is 1. The fraction of sp³-hybridized carbons (Fsp3) is 0.346. The minimum atomic E-state index is -0.0653. The van der Waals surface area contributed by atoms with Crippen LogP contribution in [0.2, 0.25) is 0 Å². The van der Waals surface area contributed by atoms with Crippen LogP contribution < -0.4 is 10.2 Å². The van der Waals surface area contributed by atoms with Crippen molar-refractivity contribution in [2.45, 2.75) is 26.3 Å². The Labute approximate surface area is 194 Å². The molecule has 170 valence electrons. The summed E-state index contributed by atoms with van der Waals surface area (Å²) in [6, 6.07) is 18.1. The number of nitrogens with one attached hydrogen (secondary N) is 1. The zero-order valence-corrected chi connectivity index (χ0v) is 19.1. The van der Waals surface area contributed by atoms with Crippen LogP contribution in [-0.2, 0) is 4.79 Å². The van der Waals surface area contributed by atoms with E-state index in [0.29, 0.717) is 17.1 Å². The maximum Gasteiger partial charge on any atom is 0.227 e. The summed E-state index contributed by atoms with van der Waals surface area (Å²) in [7, 11) is 0. The highest BCUT2D eigenvalue weighted by Crippen LogP contribution is 2.31. The summed E-state index contributed by atoms with van der Waals surface area (Å²) in [6.07, 6.45) is 4.07. The number of oxazole rings is 1. The van der Waals surface area contributed by atoms with Gasteiger partial charge in [0.15, 0.2) is 0 Å². The number of piperazine rings is 1. The van der Waals surface area contributed by atoms with Gasteiger partial charge in [-0.05, 0) is 30.2 Å². The quantitative estimate of drug-likeness (QED) is 0.581. The molecule has 3 aromatic rings. The molecular formula is C26H29N5O2. The topological polar surface area (TPSA) is 85.4 Å². The van der Waals surface area contributed by atoms with Crippen LogP contribution in [0.25, 0.3) is 0 Å². The average molecular weight is 444 g/mol. The molecule has 1 aromatic heterocycles. The van der Waals surface area contributed by atoms with Gasteiger partial charge in [0.2, 0.25) is 11.8 Å². The summed E-state index contributed by atoms with van der Waals surface area (Å²) in [4.78, 5) is 21.2. The van der Waals surface area contributed by atoms with Crippen molar-refractivity contribution in [1.29, 1.82) is 5.26 Å². The van der Waals surface area contributed by atoms with Crippen LogP contribution in [0.15, 0.2) is 65.4 Å². The predicted octanol–water partition coefficient (Wildman–Crippen LogP) is 4.44. The first-order valence-electron chi connectivity index (χ1n) is 11.4. The van der Waals surface area contributed by atoms with E-state index >= 15 is 0 Å². The average Bonchev–Trinajstić information content (AvgIpc) is 3.39. The van der Waals surface area contributed by atoms with Crippen LogP contribution in [0.5, 0.6) is 0 Å². The van der Waals surface area contributed by atoms with Gasteiger partial charge in [-0.1, -0.05) is 44.2 Å². The Bertz CT molecular complexity index is 1100. The third kappa shape index (κ3) is 5.07. The molecule has 2 aromatic carbocycles. The van der Waals surface area contributed by atoms with E-state index in [1.165, 1.54) is 0 Å². The summed E-state index contributed by atoms with van der Waals surface area (Å²) in [6.45, 7) is 7.04. The van der Waals surface area contributed by atoms with Crippen molar-refractivity contribution in [3.63, 3.8) is 0 Å². The molecule has 1 aliphatic rings. The van der Waals surface area contributed by atoms with Gasteiger partial charge in [-0.25, -0.2) is 4.98 Å². The second-order valence-corrected chi connectivity index (χ2v) is 8.35. The smallest absolute Gasteiger partial charge is 0.227 e. The fourth-order valence-electron chi connectivity index (χ4n) is 4.17. The molecule has 1 N–H and O–H groups in total. The molecule has 1 aliphatic heterocycles. The maximum atomic E-state index is 12.2. The van der Waals surface area contributed by atoms with Gasteiger partial charge in [0.25, 0.3) is 0 Å². The van der Waals surface area contributed by atoms with E-state index in [-0.39, 0.29) is 17.9 Å². The number of benzene rings is 2. The van der Waals surface area contributed by atoms with Gasteiger partial charge in [0.05, 0.1) is 17.4 Å². The zero-order chi connectivity index (χ0) is 23.2. The van der Waals surface area contributed by atoms with Crippen LogP contribution in [0.3, 0.4) is 0 Å². The summed E-state index contributed by atoms with van der Waals surface area (Å²) in [5.74, 6) is 0.597. The minimum Gasteiger partial charge on any atom is -0.447 e. The minimum absolute atomic E-state index is 0.0266. The monoisotopic (exact) mass is 443 g/mol. The number of hydrogen-bond acceptors (Lipinski definition) is 6. The van der Waals surface area contributed by atoms with Gasteiger partial charge < -0.3 is 14.6 Å². The molecule has 33 heavy (non-hydrogen) atoms. The maximum absolute atomic E-state index is 12.2. The van der Waals surface area contributed by atoms with E-state index in [1.807, 2.05) is 44.2 Å². The first-order chi connectivity index (χ1) is 16.1. The second-order valence-electron chi connectivity index (χ2n) is 8.35. The van der Waals surface area contributed by atoms with Crippen molar-refractivity contribution in [2.75, 3.05) is 36.4 Å². The Balaban J connectivity index is 1.48. The summed E-state index contributed by atoms with van der Waals surface area (Å²) < 4.78 is 5.68. The normalized spacial score (nSPS) is 16.1. The molecule has 1 saturated heterocycles. The molecule has 4 rings (SSSR count). The Morgan fingerprint density at radius 3 is 2.58 bits per heavy atom. The Hall–Kier alpha value is -3.63. The van der Waals surface area contributed by atoms with Crippen molar-refractivity contribution < 1.29 is 9.21 Å². The van der Waals surface area contributed by atoms with E-state index < -0.39 is 0 Å². The van der Waals surface area contributed by atoms with E-state index in [4.69, 9.17) is 4.42 Å². The number of aromatic nitrogens is 1. The second kappa shape index (κ2) is 10.3. The molecule has 0 saturated carbocycles. The molecule has 2 atom stereocenters. The highest BCUT2D eigenvalue weighted by Gasteiger charge is 2.30. The lowest BCUT2D eigenvalue weighted by Crippen LogP contribution is -2.48. The van der Waals surface area contributed by atoms with E-state index in [0.717, 1.165) is 43.9 Å². The number of carbonyl (C=O) groups is 1. The largest absolute Gasteiger partial charge is 0.447 e. The Kier molecular flexibility index (Phi) is 7.06.